The summed E-state index contributed by atoms with van der Waals surface area (Å²) in [5.74, 6) is -4.76. The number of carboxylic acid groups (broad SMARTS) is 2. The van der Waals surface area contributed by atoms with Crippen molar-refractivity contribution in [3.63, 3.8) is 0 Å². The van der Waals surface area contributed by atoms with Crippen molar-refractivity contribution in [2.45, 2.75) is 57.7 Å². The Bertz CT molecular complexity index is 856. The number of amides is 1. The van der Waals surface area contributed by atoms with Crippen molar-refractivity contribution in [1.29, 1.82) is 0 Å². The van der Waals surface area contributed by atoms with Crippen molar-refractivity contribution >= 4 is 30.0 Å². The van der Waals surface area contributed by atoms with Crippen LogP contribution in [0.5, 0.6) is 0 Å². The molecule has 0 aliphatic heterocycles. The predicted octanol–water partition coefficient (Wildman–Crippen LogP) is 1.35. The second kappa shape index (κ2) is 17.6. The molecule has 0 bridgehead atoms. The van der Waals surface area contributed by atoms with Crippen LogP contribution in [0, 0.1) is 0 Å². The van der Waals surface area contributed by atoms with Gasteiger partial charge in [0.05, 0.1) is 26.1 Å². The molecule has 4 unspecified atom stereocenters. The minimum atomic E-state index is -2.04. The van der Waals surface area contributed by atoms with Crippen LogP contribution in [0.25, 0.3) is 0 Å². The molecule has 0 fully saturated rings. The number of carbonyl (C=O) groups excluding carboxylic acids is 3. The fourth-order valence-electron chi connectivity index (χ4n) is 2.37. The zero-order valence-corrected chi connectivity index (χ0v) is 19.7. The first-order chi connectivity index (χ1) is 16.9. The smallest absolute Gasteiger partial charge is 0.408 e. The standard InChI is InChI=1S/C17H22FNO6.C5H8FNO4/c1-3-23-14(20)10-13(18)15(16(21)24-4-2)19-17(22)25-11-12-8-6-5-7-9-12;6-2(1-3(8)9)4(7)5(10)11/h5-9,13,15H,3-4,10-11H2,1-2H3,(H,19,22);2,4H,1,7H2,(H,8,9)(H,10,11)/i18-1;6-1. The van der Waals surface area contributed by atoms with E-state index in [1.807, 2.05) is 6.07 Å². The molecule has 0 spiro atoms. The molecule has 0 heterocycles. The SMILES string of the molecule is CCOC(=O)CC([18F])C(NC(=O)OCc1ccccc1)C(=O)OCC.NC(C(=O)O)C([18F])CC(=O)O. The number of carbonyl (C=O) groups is 5. The molecule has 36 heavy (non-hydrogen) atoms. The Balaban J connectivity index is 0.000000935. The molecular weight excluding hydrogens is 488 g/mol. The predicted molar refractivity (Wildman–Crippen MR) is 119 cm³/mol. The number of rotatable bonds is 13. The highest BCUT2D eigenvalue weighted by Gasteiger charge is 2.34. The molecule has 14 heteroatoms. The lowest BCUT2D eigenvalue weighted by molar-refractivity contribution is -0.150. The third kappa shape index (κ3) is 13.8. The minimum absolute atomic E-state index is 0.00219. The number of alkyl halides is 2. The van der Waals surface area contributed by atoms with E-state index < -0.39 is 67.2 Å². The van der Waals surface area contributed by atoms with Crippen molar-refractivity contribution in [3.05, 3.63) is 35.9 Å². The second-order valence-corrected chi connectivity index (χ2v) is 6.94. The number of nitrogens with two attached hydrogens (primary N) is 1. The third-order valence-corrected chi connectivity index (χ3v) is 4.10. The van der Waals surface area contributed by atoms with Gasteiger partial charge in [-0.2, -0.15) is 0 Å². The zero-order valence-electron chi connectivity index (χ0n) is 19.7. The van der Waals surface area contributed by atoms with Gasteiger partial charge in [-0.3, -0.25) is 14.4 Å². The van der Waals surface area contributed by atoms with Crippen LogP contribution in [0.4, 0.5) is 13.6 Å². The molecule has 12 nitrogen and oxygen atoms in total. The lowest BCUT2D eigenvalue weighted by Crippen LogP contribution is -2.48. The average molecular weight is 518 g/mol. The summed E-state index contributed by atoms with van der Waals surface area (Å²) in [4.78, 5) is 54.9. The Kier molecular flexibility index (Phi) is 15.7. The number of hydrogen-bond donors (Lipinski definition) is 4. The van der Waals surface area contributed by atoms with E-state index in [1.54, 1.807) is 38.1 Å². The number of aliphatic carboxylic acids is 2. The summed E-state index contributed by atoms with van der Waals surface area (Å²) < 4.78 is 41.0. The molecule has 0 aliphatic carbocycles. The average Bonchev–Trinajstić information content (AvgIpc) is 2.81. The Morgan fingerprint density at radius 3 is 2.00 bits per heavy atom. The van der Waals surface area contributed by atoms with E-state index in [2.05, 4.69) is 10.1 Å². The first-order valence-electron chi connectivity index (χ1n) is 10.7. The summed E-state index contributed by atoms with van der Waals surface area (Å²) in [6, 6.07) is 5.43. The minimum Gasteiger partial charge on any atom is -0.481 e. The Hall–Kier alpha value is -3.81. The van der Waals surface area contributed by atoms with Crippen molar-refractivity contribution in [3.8, 4) is 0 Å². The fourth-order valence-corrected chi connectivity index (χ4v) is 2.37. The van der Waals surface area contributed by atoms with Gasteiger partial charge < -0.3 is 35.5 Å². The van der Waals surface area contributed by atoms with Gasteiger partial charge in [-0.25, -0.2) is 18.4 Å². The fraction of sp³-hybridized carbons (Fsp3) is 0.500. The quantitative estimate of drug-likeness (QED) is 0.218. The van der Waals surface area contributed by atoms with E-state index in [4.69, 9.17) is 25.4 Å². The maximum atomic E-state index is 14.3. The van der Waals surface area contributed by atoms with Crippen LogP contribution in [0.1, 0.15) is 32.3 Å². The molecule has 1 amide bonds. The molecule has 0 aromatic heterocycles. The molecule has 0 aliphatic rings. The Morgan fingerprint density at radius 2 is 1.50 bits per heavy atom. The van der Waals surface area contributed by atoms with E-state index in [0.29, 0.717) is 0 Å². The van der Waals surface area contributed by atoms with Crippen molar-refractivity contribution < 1.29 is 57.2 Å². The molecule has 1 aromatic rings. The van der Waals surface area contributed by atoms with Gasteiger partial charge >= 0.3 is 30.0 Å². The normalized spacial score (nSPS) is 13.5. The van der Waals surface area contributed by atoms with Crippen LogP contribution in [-0.2, 0) is 40.0 Å². The van der Waals surface area contributed by atoms with Crippen LogP contribution in [0.15, 0.2) is 30.3 Å². The number of alkyl carbamates (subject to hydrolysis) is 1. The van der Waals surface area contributed by atoms with E-state index >= 15 is 0 Å². The highest BCUT2D eigenvalue weighted by Crippen LogP contribution is 2.10. The van der Waals surface area contributed by atoms with Crippen LogP contribution in [0.3, 0.4) is 0 Å². The lowest BCUT2D eigenvalue weighted by Gasteiger charge is -2.20. The largest absolute Gasteiger partial charge is 0.481 e. The van der Waals surface area contributed by atoms with Gasteiger partial charge in [0.25, 0.3) is 0 Å². The third-order valence-electron chi connectivity index (χ3n) is 4.10. The lowest BCUT2D eigenvalue weighted by atomic mass is 10.1. The van der Waals surface area contributed by atoms with Gasteiger partial charge in [-0.1, -0.05) is 30.3 Å². The number of benzene rings is 1. The van der Waals surface area contributed by atoms with Gasteiger partial charge in [0, 0.05) is 0 Å². The van der Waals surface area contributed by atoms with E-state index in [9.17, 15) is 32.8 Å². The molecule has 4 atom stereocenters. The van der Waals surface area contributed by atoms with Crippen molar-refractivity contribution in [1.82, 2.24) is 5.32 Å². The van der Waals surface area contributed by atoms with Gasteiger partial charge in [0.2, 0.25) is 0 Å². The van der Waals surface area contributed by atoms with Crippen LogP contribution < -0.4 is 11.1 Å². The number of halogens is 2. The molecule has 0 saturated heterocycles. The maximum absolute atomic E-state index is 14.3. The summed E-state index contributed by atoms with van der Waals surface area (Å²) in [6.45, 7) is 3.16. The number of ether oxygens (including phenoxy) is 3. The topological polar surface area (TPSA) is 192 Å². The zero-order chi connectivity index (χ0) is 27.7. The van der Waals surface area contributed by atoms with Gasteiger partial charge in [-0.05, 0) is 19.4 Å². The van der Waals surface area contributed by atoms with E-state index in [-0.39, 0.29) is 19.8 Å². The second-order valence-electron chi connectivity index (χ2n) is 6.94. The van der Waals surface area contributed by atoms with Gasteiger partial charge in [-0.15, -0.1) is 0 Å². The summed E-state index contributed by atoms with van der Waals surface area (Å²) in [5.41, 5.74) is 5.50. The Labute approximate surface area is 205 Å². The van der Waals surface area contributed by atoms with E-state index in [0.717, 1.165) is 5.56 Å². The highest BCUT2D eigenvalue weighted by molar-refractivity contribution is 5.83. The van der Waals surface area contributed by atoms with Crippen molar-refractivity contribution in [2.75, 3.05) is 13.2 Å². The molecule has 202 valence electrons. The molecule has 0 saturated carbocycles. The van der Waals surface area contributed by atoms with Gasteiger partial charge in [0.1, 0.15) is 25.0 Å². The monoisotopic (exact) mass is 518 g/mol. The number of nitrogens with one attached hydrogen (secondary N) is 1. The first-order valence-corrected chi connectivity index (χ1v) is 10.7. The first kappa shape index (κ1) is 32.2. The van der Waals surface area contributed by atoms with Crippen LogP contribution >= 0.6 is 0 Å². The highest BCUT2D eigenvalue weighted by atomic mass is 18.2. The Morgan fingerprint density at radius 1 is 0.917 bits per heavy atom. The van der Waals surface area contributed by atoms with Crippen LogP contribution in [-0.4, -0.2) is 77.8 Å². The number of hydrogen-bond acceptors (Lipinski definition) is 9. The molecule has 5 N–H and O–H groups in total. The summed E-state index contributed by atoms with van der Waals surface area (Å²) in [7, 11) is 0. The van der Waals surface area contributed by atoms with E-state index in [1.165, 1.54) is 0 Å². The maximum Gasteiger partial charge on any atom is 0.408 e. The van der Waals surface area contributed by atoms with Crippen LogP contribution in [0.2, 0.25) is 0 Å². The summed E-state index contributed by atoms with van der Waals surface area (Å²) in [6.07, 6.45) is -6.59. The van der Waals surface area contributed by atoms with Gasteiger partial charge in [0.15, 0.2) is 6.04 Å². The molecule has 1 rings (SSSR count). The number of esters is 2. The molecule has 1 aromatic carbocycles. The summed E-state index contributed by atoms with van der Waals surface area (Å²) in [5, 5.41) is 18.2. The molecular formula is C22H30F2N2O10. The number of carboxylic acids is 2. The van der Waals surface area contributed by atoms with Crippen molar-refractivity contribution in [2.24, 2.45) is 5.73 Å². The molecule has 0 radical (unpaired) electrons. The summed E-state index contributed by atoms with van der Waals surface area (Å²) >= 11 is 0.